The molecule has 0 unspecified atom stereocenters. The van der Waals surface area contributed by atoms with Crippen LogP contribution < -0.4 is 10.0 Å². The average molecular weight is 450 g/mol. The number of aromatic nitrogens is 3. The van der Waals surface area contributed by atoms with Gasteiger partial charge in [-0.15, -0.1) is 5.10 Å². The summed E-state index contributed by atoms with van der Waals surface area (Å²) in [6.45, 7) is 6.24. The van der Waals surface area contributed by atoms with Crippen molar-refractivity contribution in [3.05, 3.63) is 77.4 Å². The van der Waals surface area contributed by atoms with E-state index in [1.54, 1.807) is 60.1 Å². The average Bonchev–Trinajstić information content (AvgIpc) is 3.17. The first-order valence-electron chi connectivity index (χ1n) is 10.1. The van der Waals surface area contributed by atoms with Gasteiger partial charge in [-0.2, -0.15) is 0 Å². The third-order valence-electron chi connectivity index (χ3n) is 5.08. The summed E-state index contributed by atoms with van der Waals surface area (Å²) in [6.07, 6.45) is 0. The molecular formula is C23H23N5O3S. The molecule has 1 aromatic heterocycles. The maximum atomic E-state index is 13.0. The molecule has 0 aliphatic carbocycles. The summed E-state index contributed by atoms with van der Waals surface area (Å²) in [4.78, 5) is 12.9. The lowest BCUT2D eigenvalue weighted by Gasteiger charge is -2.13. The number of aryl methyl sites for hydroxylation is 3. The number of hydrogen-bond acceptors (Lipinski definition) is 5. The van der Waals surface area contributed by atoms with Crippen LogP contribution in [-0.4, -0.2) is 29.3 Å². The van der Waals surface area contributed by atoms with Crippen LogP contribution in [0.5, 0.6) is 0 Å². The maximum Gasteiger partial charge on any atom is 0.262 e. The fourth-order valence-corrected chi connectivity index (χ4v) is 4.76. The van der Waals surface area contributed by atoms with Gasteiger partial charge in [0.1, 0.15) is 5.52 Å². The number of nitrogens with zero attached hydrogens (tertiary/aromatic N) is 3. The molecule has 164 valence electrons. The molecule has 0 aliphatic heterocycles. The molecule has 0 bridgehead atoms. The van der Waals surface area contributed by atoms with Gasteiger partial charge in [-0.1, -0.05) is 23.4 Å². The van der Waals surface area contributed by atoms with Gasteiger partial charge in [0.2, 0.25) is 0 Å². The Labute approximate surface area is 186 Å². The van der Waals surface area contributed by atoms with Crippen LogP contribution in [0.1, 0.15) is 28.4 Å². The number of amides is 1. The summed E-state index contributed by atoms with van der Waals surface area (Å²) in [5.41, 5.74) is 4.24. The van der Waals surface area contributed by atoms with E-state index in [2.05, 4.69) is 20.4 Å². The number of fused-ring (bicyclic) bond motifs is 1. The van der Waals surface area contributed by atoms with E-state index in [9.17, 15) is 13.2 Å². The molecule has 0 saturated carbocycles. The quantitative estimate of drug-likeness (QED) is 0.461. The molecule has 0 atom stereocenters. The molecule has 4 aromatic rings. The van der Waals surface area contributed by atoms with Crippen molar-refractivity contribution in [3.8, 4) is 0 Å². The summed E-state index contributed by atoms with van der Waals surface area (Å²) in [5, 5.41) is 10.9. The molecule has 9 heteroatoms. The van der Waals surface area contributed by atoms with Crippen molar-refractivity contribution in [3.63, 3.8) is 0 Å². The van der Waals surface area contributed by atoms with E-state index in [-0.39, 0.29) is 10.8 Å². The van der Waals surface area contributed by atoms with Crippen LogP contribution in [-0.2, 0) is 16.6 Å². The predicted molar refractivity (Wildman–Crippen MR) is 124 cm³/mol. The fraction of sp³-hybridized carbons (Fsp3) is 0.174. The van der Waals surface area contributed by atoms with Gasteiger partial charge >= 0.3 is 0 Å². The Morgan fingerprint density at radius 1 is 1.00 bits per heavy atom. The first-order chi connectivity index (χ1) is 15.3. The van der Waals surface area contributed by atoms with Gasteiger partial charge in [-0.25, -0.2) is 13.1 Å². The Hall–Kier alpha value is -3.72. The third kappa shape index (κ3) is 4.33. The van der Waals surface area contributed by atoms with Crippen LogP contribution >= 0.6 is 0 Å². The molecule has 0 spiro atoms. The van der Waals surface area contributed by atoms with Gasteiger partial charge in [0.25, 0.3) is 15.9 Å². The number of anilines is 2. The highest BCUT2D eigenvalue weighted by atomic mass is 32.2. The number of carbonyl (C=O) groups excluding carboxylic acids is 1. The van der Waals surface area contributed by atoms with E-state index in [1.165, 1.54) is 6.07 Å². The van der Waals surface area contributed by atoms with Crippen LogP contribution in [0.25, 0.3) is 11.0 Å². The van der Waals surface area contributed by atoms with Crippen LogP contribution in [0, 0.1) is 13.8 Å². The van der Waals surface area contributed by atoms with Crippen LogP contribution in [0.2, 0.25) is 0 Å². The molecule has 1 amide bonds. The van der Waals surface area contributed by atoms with Crippen molar-refractivity contribution in [2.45, 2.75) is 32.2 Å². The second kappa shape index (κ2) is 8.43. The zero-order valence-corrected chi connectivity index (χ0v) is 18.8. The Morgan fingerprint density at radius 2 is 1.81 bits per heavy atom. The molecule has 3 aromatic carbocycles. The molecule has 0 fully saturated rings. The summed E-state index contributed by atoms with van der Waals surface area (Å²) < 4.78 is 30.3. The first-order valence-corrected chi connectivity index (χ1v) is 11.6. The van der Waals surface area contributed by atoms with E-state index in [4.69, 9.17) is 0 Å². The topological polar surface area (TPSA) is 106 Å². The fourth-order valence-electron chi connectivity index (χ4n) is 3.44. The highest BCUT2D eigenvalue weighted by Crippen LogP contribution is 2.24. The number of hydrogen-bond donors (Lipinski definition) is 2. The highest BCUT2D eigenvalue weighted by molar-refractivity contribution is 7.92. The van der Waals surface area contributed by atoms with Gasteiger partial charge < -0.3 is 5.32 Å². The van der Waals surface area contributed by atoms with E-state index < -0.39 is 10.0 Å². The van der Waals surface area contributed by atoms with Crippen molar-refractivity contribution in [1.82, 2.24) is 15.0 Å². The molecule has 2 N–H and O–H groups in total. The number of rotatable bonds is 6. The monoisotopic (exact) mass is 449 g/mol. The molecule has 0 radical (unpaired) electrons. The van der Waals surface area contributed by atoms with Crippen LogP contribution in [0.3, 0.4) is 0 Å². The number of benzene rings is 3. The molecule has 1 heterocycles. The molecular weight excluding hydrogens is 426 g/mol. The first kappa shape index (κ1) is 21.5. The maximum absolute atomic E-state index is 13.0. The lowest BCUT2D eigenvalue weighted by Crippen LogP contribution is -2.16. The zero-order valence-electron chi connectivity index (χ0n) is 18.0. The van der Waals surface area contributed by atoms with Crippen molar-refractivity contribution in [1.29, 1.82) is 0 Å². The summed E-state index contributed by atoms with van der Waals surface area (Å²) in [7, 11) is -3.84. The zero-order chi connectivity index (χ0) is 22.9. The largest absolute Gasteiger partial charge is 0.322 e. The molecule has 0 aliphatic rings. The Kier molecular flexibility index (Phi) is 5.67. The minimum Gasteiger partial charge on any atom is -0.322 e. The number of carbonyl (C=O) groups is 1. The Morgan fingerprint density at radius 3 is 2.56 bits per heavy atom. The van der Waals surface area contributed by atoms with Crippen molar-refractivity contribution in [2.75, 3.05) is 10.0 Å². The highest BCUT2D eigenvalue weighted by Gasteiger charge is 2.19. The number of sulfonamides is 1. The lowest BCUT2D eigenvalue weighted by atomic mass is 10.1. The van der Waals surface area contributed by atoms with Gasteiger partial charge in [0.05, 0.1) is 10.4 Å². The molecule has 32 heavy (non-hydrogen) atoms. The van der Waals surface area contributed by atoms with E-state index in [0.717, 1.165) is 11.1 Å². The van der Waals surface area contributed by atoms with E-state index in [0.29, 0.717) is 34.6 Å². The Bertz CT molecular complexity index is 1430. The Balaban J connectivity index is 1.59. The van der Waals surface area contributed by atoms with Crippen LogP contribution in [0.4, 0.5) is 11.4 Å². The van der Waals surface area contributed by atoms with Crippen molar-refractivity contribution < 1.29 is 13.2 Å². The van der Waals surface area contributed by atoms with Gasteiger partial charge in [-0.3, -0.25) is 9.52 Å². The minimum absolute atomic E-state index is 0.0955. The second-order valence-electron chi connectivity index (χ2n) is 7.52. The van der Waals surface area contributed by atoms with Crippen LogP contribution in [0.15, 0.2) is 65.6 Å². The second-order valence-corrected chi connectivity index (χ2v) is 9.17. The predicted octanol–water partition coefficient (Wildman–Crippen LogP) is 4.12. The third-order valence-corrected chi connectivity index (χ3v) is 6.60. The number of nitrogens with one attached hydrogen (secondary N) is 2. The van der Waals surface area contributed by atoms with E-state index >= 15 is 0 Å². The van der Waals surface area contributed by atoms with Crippen molar-refractivity contribution in [2.24, 2.45) is 0 Å². The van der Waals surface area contributed by atoms with Gasteiger partial charge in [0.15, 0.2) is 0 Å². The summed E-state index contributed by atoms with van der Waals surface area (Å²) >= 11 is 0. The standard InChI is InChI=1S/C23H23N5O3S/c1-4-28-21-11-9-17(13-20(21)25-27-28)23(29)24-18-10-8-16(3)22(14-18)32(30,31)26-19-7-5-6-15(2)12-19/h5-14,26H,4H2,1-3H3,(H,24,29). The van der Waals surface area contributed by atoms with Crippen molar-refractivity contribution >= 4 is 38.3 Å². The molecule has 8 nitrogen and oxygen atoms in total. The van der Waals surface area contributed by atoms with Gasteiger partial charge in [-0.05, 0) is 74.4 Å². The minimum atomic E-state index is -3.84. The summed E-state index contributed by atoms with van der Waals surface area (Å²) in [6, 6.07) is 17.1. The molecule has 4 rings (SSSR count). The smallest absolute Gasteiger partial charge is 0.262 e. The molecule has 0 saturated heterocycles. The van der Waals surface area contributed by atoms with Gasteiger partial charge in [0, 0.05) is 23.5 Å². The normalized spacial score (nSPS) is 11.5. The lowest BCUT2D eigenvalue weighted by molar-refractivity contribution is 0.102. The summed E-state index contributed by atoms with van der Waals surface area (Å²) in [5.74, 6) is -0.364. The van der Waals surface area contributed by atoms with E-state index in [1.807, 2.05) is 19.9 Å². The SMILES string of the molecule is CCn1nnc2cc(C(=O)Nc3ccc(C)c(S(=O)(=O)Nc4cccc(C)c4)c3)ccc21.